The van der Waals surface area contributed by atoms with Crippen molar-refractivity contribution in [3.63, 3.8) is 0 Å². The van der Waals surface area contributed by atoms with Gasteiger partial charge in [-0.2, -0.15) is 0 Å². The quantitative estimate of drug-likeness (QED) is 0.729. The fraction of sp³-hybridized carbons (Fsp3) is 0.364. The standard InChI is InChI=1S/C22H26N2O2/c1-13-5-7-18-17(11-13)16-9-10-23-21(22(16)24-18)14(2)15-6-8-19(25-3)20(12-15)26-4/h5-8,11-12,14,21,23-24H,9-10H2,1-4H3. The van der Waals surface area contributed by atoms with Crippen molar-refractivity contribution in [2.45, 2.75) is 32.2 Å². The molecule has 0 radical (unpaired) electrons. The molecular weight excluding hydrogens is 324 g/mol. The summed E-state index contributed by atoms with van der Waals surface area (Å²) < 4.78 is 10.9. The highest BCUT2D eigenvalue weighted by atomic mass is 16.5. The number of hydrogen-bond acceptors (Lipinski definition) is 3. The number of aryl methyl sites for hydroxylation is 1. The van der Waals surface area contributed by atoms with Crippen LogP contribution in [0.25, 0.3) is 10.9 Å². The Kier molecular flexibility index (Phi) is 4.37. The van der Waals surface area contributed by atoms with Gasteiger partial charge in [-0.05, 0) is 55.3 Å². The topological polar surface area (TPSA) is 46.3 Å². The second kappa shape index (κ2) is 6.69. The van der Waals surface area contributed by atoms with E-state index < -0.39 is 0 Å². The van der Waals surface area contributed by atoms with Crippen molar-refractivity contribution >= 4 is 10.9 Å². The van der Waals surface area contributed by atoms with E-state index in [1.807, 2.05) is 6.07 Å². The van der Waals surface area contributed by atoms with Crippen molar-refractivity contribution in [2.24, 2.45) is 0 Å². The molecule has 0 fully saturated rings. The summed E-state index contributed by atoms with van der Waals surface area (Å²) in [6.45, 7) is 5.42. The molecule has 136 valence electrons. The number of nitrogens with one attached hydrogen (secondary N) is 2. The minimum absolute atomic E-state index is 0.254. The zero-order valence-electron chi connectivity index (χ0n) is 15.8. The SMILES string of the molecule is COc1ccc(C(C)C2NCCc3c2[nH]c2ccc(C)cc32)cc1OC. The Morgan fingerprint density at radius 3 is 2.62 bits per heavy atom. The smallest absolute Gasteiger partial charge is 0.160 e. The molecule has 2 aromatic carbocycles. The van der Waals surface area contributed by atoms with E-state index in [0.717, 1.165) is 24.5 Å². The first-order chi connectivity index (χ1) is 12.6. The number of hydrogen-bond donors (Lipinski definition) is 2. The van der Waals surface area contributed by atoms with Gasteiger partial charge in [0.15, 0.2) is 11.5 Å². The highest BCUT2D eigenvalue weighted by molar-refractivity contribution is 5.86. The molecule has 0 amide bonds. The summed E-state index contributed by atoms with van der Waals surface area (Å²) in [5, 5.41) is 5.08. The van der Waals surface area contributed by atoms with E-state index in [4.69, 9.17) is 9.47 Å². The first kappa shape index (κ1) is 17.0. The van der Waals surface area contributed by atoms with Gasteiger partial charge in [0.05, 0.1) is 20.3 Å². The van der Waals surface area contributed by atoms with Gasteiger partial charge in [-0.1, -0.05) is 24.6 Å². The molecule has 2 heterocycles. The summed E-state index contributed by atoms with van der Waals surface area (Å²) in [5.41, 5.74) is 6.55. The van der Waals surface area contributed by atoms with E-state index in [1.165, 1.54) is 33.3 Å². The fourth-order valence-electron chi connectivity index (χ4n) is 4.13. The molecule has 0 saturated carbocycles. The van der Waals surface area contributed by atoms with E-state index in [-0.39, 0.29) is 6.04 Å². The molecule has 4 nitrogen and oxygen atoms in total. The van der Waals surface area contributed by atoms with Crippen LogP contribution >= 0.6 is 0 Å². The van der Waals surface area contributed by atoms with Crippen LogP contribution in [0.4, 0.5) is 0 Å². The maximum Gasteiger partial charge on any atom is 0.160 e. The first-order valence-corrected chi connectivity index (χ1v) is 9.18. The third kappa shape index (κ3) is 2.74. The Hall–Kier alpha value is -2.46. The largest absolute Gasteiger partial charge is 0.493 e. The lowest BCUT2D eigenvalue weighted by Gasteiger charge is -2.30. The van der Waals surface area contributed by atoms with Crippen LogP contribution < -0.4 is 14.8 Å². The number of fused-ring (bicyclic) bond motifs is 3. The molecular formula is C22H26N2O2. The molecule has 26 heavy (non-hydrogen) atoms. The molecule has 2 unspecified atom stereocenters. The average Bonchev–Trinajstić information content (AvgIpc) is 3.04. The minimum Gasteiger partial charge on any atom is -0.493 e. The van der Waals surface area contributed by atoms with Gasteiger partial charge in [-0.3, -0.25) is 0 Å². The van der Waals surface area contributed by atoms with E-state index in [1.54, 1.807) is 14.2 Å². The highest BCUT2D eigenvalue weighted by Gasteiger charge is 2.29. The predicted octanol–water partition coefficient (Wildman–Crippen LogP) is 4.48. The van der Waals surface area contributed by atoms with Gasteiger partial charge in [0.25, 0.3) is 0 Å². The molecule has 4 heteroatoms. The Balaban J connectivity index is 1.74. The van der Waals surface area contributed by atoms with Crippen LogP contribution in [-0.2, 0) is 6.42 Å². The Labute approximate surface area is 154 Å². The van der Waals surface area contributed by atoms with Gasteiger partial charge in [0, 0.05) is 22.5 Å². The Bertz CT molecular complexity index is 945. The molecule has 0 bridgehead atoms. The van der Waals surface area contributed by atoms with Gasteiger partial charge in [0.1, 0.15) is 0 Å². The van der Waals surface area contributed by atoms with Crippen molar-refractivity contribution in [1.82, 2.24) is 10.3 Å². The van der Waals surface area contributed by atoms with E-state index in [2.05, 4.69) is 54.5 Å². The second-order valence-electron chi connectivity index (χ2n) is 7.15. The minimum atomic E-state index is 0.254. The third-order valence-electron chi connectivity index (χ3n) is 5.58. The summed E-state index contributed by atoms with van der Waals surface area (Å²) in [7, 11) is 3.35. The lowest BCUT2D eigenvalue weighted by atomic mass is 9.86. The van der Waals surface area contributed by atoms with Gasteiger partial charge >= 0.3 is 0 Å². The van der Waals surface area contributed by atoms with Crippen molar-refractivity contribution in [1.29, 1.82) is 0 Å². The summed E-state index contributed by atoms with van der Waals surface area (Å²) >= 11 is 0. The maximum absolute atomic E-state index is 5.49. The van der Waals surface area contributed by atoms with E-state index >= 15 is 0 Å². The van der Waals surface area contributed by atoms with Crippen molar-refractivity contribution in [3.8, 4) is 11.5 Å². The number of aromatic nitrogens is 1. The fourth-order valence-corrected chi connectivity index (χ4v) is 4.13. The summed E-state index contributed by atoms with van der Waals surface area (Å²) in [5.74, 6) is 1.85. The van der Waals surface area contributed by atoms with Crippen LogP contribution in [0.3, 0.4) is 0 Å². The van der Waals surface area contributed by atoms with Crippen LogP contribution in [0.5, 0.6) is 11.5 Å². The number of aromatic amines is 1. The highest BCUT2D eigenvalue weighted by Crippen LogP contribution is 2.40. The lowest BCUT2D eigenvalue weighted by Crippen LogP contribution is -2.33. The third-order valence-corrected chi connectivity index (χ3v) is 5.58. The van der Waals surface area contributed by atoms with Gasteiger partial charge in [-0.25, -0.2) is 0 Å². The van der Waals surface area contributed by atoms with Crippen molar-refractivity contribution in [2.75, 3.05) is 20.8 Å². The number of methoxy groups -OCH3 is 2. The molecule has 2 N–H and O–H groups in total. The number of ether oxygens (including phenoxy) is 2. The molecule has 4 rings (SSSR count). The van der Waals surface area contributed by atoms with Crippen LogP contribution in [0.1, 0.15) is 41.3 Å². The van der Waals surface area contributed by atoms with Crippen molar-refractivity contribution < 1.29 is 9.47 Å². The van der Waals surface area contributed by atoms with Gasteiger partial charge in [-0.15, -0.1) is 0 Å². The predicted molar refractivity (Wildman–Crippen MR) is 105 cm³/mol. The molecule has 0 saturated heterocycles. The normalized spacial score (nSPS) is 17.8. The summed E-state index contributed by atoms with van der Waals surface area (Å²) in [6, 6.07) is 13.1. The summed E-state index contributed by atoms with van der Waals surface area (Å²) in [4.78, 5) is 3.68. The monoisotopic (exact) mass is 350 g/mol. The average molecular weight is 350 g/mol. The van der Waals surface area contributed by atoms with Crippen LogP contribution in [0.15, 0.2) is 36.4 Å². The van der Waals surface area contributed by atoms with E-state index in [9.17, 15) is 0 Å². The van der Waals surface area contributed by atoms with Crippen LogP contribution in [-0.4, -0.2) is 25.7 Å². The molecule has 1 aliphatic heterocycles. The van der Waals surface area contributed by atoms with Crippen LogP contribution in [0.2, 0.25) is 0 Å². The molecule has 2 atom stereocenters. The molecule has 0 spiro atoms. The van der Waals surface area contributed by atoms with Crippen LogP contribution in [0, 0.1) is 6.92 Å². The number of rotatable bonds is 4. The maximum atomic E-state index is 5.49. The number of H-pyrrole nitrogens is 1. The molecule has 0 aliphatic carbocycles. The number of benzene rings is 2. The Morgan fingerprint density at radius 1 is 1.04 bits per heavy atom. The molecule has 1 aliphatic rings. The Morgan fingerprint density at radius 2 is 1.85 bits per heavy atom. The zero-order chi connectivity index (χ0) is 18.3. The molecule has 3 aromatic rings. The zero-order valence-corrected chi connectivity index (χ0v) is 15.8. The van der Waals surface area contributed by atoms with Gasteiger partial charge < -0.3 is 19.8 Å². The molecule has 1 aromatic heterocycles. The lowest BCUT2D eigenvalue weighted by molar-refractivity contribution is 0.353. The first-order valence-electron chi connectivity index (χ1n) is 9.18. The van der Waals surface area contributed by atoms with Crippen molar-refractivity contribution in [3.05, 3.63) is 58.8 Å². The second-order valence-corrected chi connectivity index (χ2v) is 7.15. The van der Waals surface area contributed by atoms with E-state index in [0.29, 0.717) is 5.92 Å². The van der Waals surface area contributed by atoms with Gasteiger partial charge in [0.2, 0.25) is 0 Å². The summed E-state index contributed by atoms with van der Waals surface area (Å²) in [6.07, 6.45) is 1.06.